The molecule has 1 saturated carbocycles. The number of hydrogen-bond acceptors (Lipinski definition) is 8. The molecule has 34 heavy (non-hydrogen) atoms. The average molecular weight is 470 g/mol. The molecule has 5 rings (SSSR count). The van der Waals surface area contributed by atoms with Gasteiger partial charge in [-0.05, 0) is 38.0 Å². The van der Waals surface area contributed by atoms with E-state index >= 15 is 0 Å². The molecule has 0 unspecified atom stereocenters. The average Bonchev–Trinajstić information content (AvgIpc) is 3.35. The molecule has 11 nitrogen and oxygen atoms in total. The Morgan fingerprint density at radius 1 is 1.26 bits per heavy atom. The summed E-state index contributed by atoms with van der Waals surface area (Å²) in [6.45, 7) is 2.95. The van der Waals surface area contributed by atoms with Crippen molar-refractivity contribution in [2.24, 2.45) is 0 Å². The van der Waals surface area contributed by atoms with Crippen molar-refractivity contribution in [3.8, 4) is 11.3 Å². The number of aromatic nitrogens is 7. The van der Waals surface area contributed by atoms with E-state index in [9.17, 15) is 13.6 Å². The molecule has 0 spiro atoms. The lowest BCUT2D eigenvalue weighted by molar-refractivity contribution is -0.121. The minimum absolute atomic E-state index is 0.0456. The summed E-state index contributed by atoms with van der Waals surface area (Å²) in [6, 6.07) is 5.46. The van der Waals surface area contributed by atoms with Gasteiger partial charge in [-0.2, -0.15) is 4.98 Å². The van der Waals surface area contributed by atoms with Gasteiger partial charge in [-0.1, -0.05) is 5.21 Å². The summed E-state index contributed by atoms with van der Waals surface area (Å²) in [5.74, 6) is 0.995. The first-order chi connectivity index (χ1) is 16.2. The van der Waals surface area contributed by atoms with Crippen LogP contribution >= 0.6 is 0 Å². The monoisotopic (exact) mass is 470 g/mol. The number of fused-ring (bicyclic) bond motifs is 2. The van der Waals surface area contributed by atoms with Crippen LogP contribution in [0, 0.1) is 0 Å². The predicted octanol–water partition coefficient (Wildman–Crippen LogP) is 2.31. The van der Waals surface area contributed by atoms with Crippen LogP contribution in [0.5, 0.6) is 0 Å². The molecular formula is C21H24F2N10O. The zero-order chi connectivity index (χ0) is 24.0. The molecule has 1 amide bonds. The van der Waals surface area contributed by atoms with Crippen LogP contribution in [0.3, 0.4) is 0 Å². The van der Waals surface area contributed by atoms with Crippen molar-refractivity contribution < 1.29 is 13.6 Å². The Labute approximate surface area is 192 Å². The van der Waals surface area contributed by atoms with Gasteiger partial charge >= 0.3 is 0 Å². The van der Waals surface area contributed by atoms with Gasteiger partial charge in [0.05, 0.1) is 5.69 Å². The summed E-state index contributed by atoms with van der Waals surface area (Å²) < 4.78 is 28.6. The van der Waals surface area contributed by atoms with Gasteiger partial charge in [0.15, 0.2) is 11.5 Å². The summed E-state index contributed by atoms with van der Waals surface area (Å²) in [7, 11) is 1.76. The van der Waals surface area contributed by atoms with Crippen LogP contribution in [-0.4, -0.2) is 65.5 Å². The highest BCUT2D eigenvalue weighted by Crippen LogP contribution is 2.34. The standard InChI is InChI=1S/C21H24F2N10O/c1-11(34)28-21(2)8-12(9-21)25-20-27-18(24-3)17-13(6-7-32(17)30-20)14-4-5-15-19(26-14)33(31-29-15)10-16(22)23/h4-7,12,16H,8-10H2,1-3H3,(H,28,34)(H2,24,25,27,30). The molecule has 0 atom stereocenters. The van der Waals surface area contributed by atoms with Crippen molar-refractivity contribution >= 4 is 34.4 Å². The first kappa shape index (κ1) is 21.9. The van der Waals surface area contributed by atoms with E-state index in [1.807, 2.05) is 13.0 Å². The molecular weight excluding hydrogens is 446 g/mol. The van der Waals surface area contributed by atoms with Crippen molar-refractivity contribution in [1.29, 1.82) is 0 Å². The fourth-order valence-electron chi connectivity index (χ4n) is 4.56. The molecule has 1 aliphatic carbocycles. The molecule has 13 heteroatoms. The Bertz CT molecular complexity index is 1370. The molecule has 0 aromatic carbocycles. The number of carbonyl (C=O) groups excluding carboxylic acids is 1. The van der Waals surface area contributed by atoms with Crippen molar-refractivity contribution in [3.05, 3.63) is 24.4 Å². The number of hydrogen-bond donors (Lipinski definition) is 3. The summed E-state index contributed by atoms with van der Waals surface area (Å²) >= 11 is 0. The number of nitrogens with one attached hydrogen (secondary N) is 3. The third-order valence-corrected chi connectivity index (χ3v) is 5.90. The second-order valence-electron chi connectivity index (χ2n) is 8.75. The van der Waals surface area contributed by atoms with Crippen LogP contribution in [0.25, 0.3) is 27.9 Å². The molecule has 1 fully saturated rings. The number of carbonyl (C=O) groups is 1. The molecule has 4 aromatic rings. The maximum atomic E-state index is 12.9. The van der Waals surface area contributed by atoms with Crippen molar-refractivity contribution in [3.63, 3.8) is 0 Å². The molecule has 0 bridgehead atoms. The quantitative estimate of drug-likeness (QED) is 0.376. The van der Waals surface area contributed by atoms with Crippen LogP contribution in [0.1, 0.15) is 26.7 Å². The van der Waals surface area contributed by atoms with E-state index in [0.717, 1.165) is 23.1 Å². The Balaban J connectivity index is 1.45. The third kappa shape index (κ3) is 3.97. The van der Waals surface area contributed by atoms with Crippen LogP contribution in [-0.2, 0) is 11.3 Å². The number of amides is 1. The van der Waals surface area contributed by atoms with Gasteiger partial charge in [-0.3, -0.25) is 4.79 Å². The maximum absolute atomic E-state index is 12.9. The lowest BCUT2D eigenvalue weighted by Crippen LogP contribution is -2.59. The number of anilines is 2. The highest BCUT2D eigenvalue weighted by atomic mass is 19.3. The molecule has 4 heterocycles. The molecule has 0 aliphatic heterocycles. The Morgan fingerprint density at radius 3 is 2.76 bits per heavy atom. The van der Waals surface area contributed by atoms with E-state index in [1.165, 1.54) is 6.92 Å². The summed E-state index contributed by atoms with van der Waals surface area (Å²) in [6.07, 6.45) is 0.766. The molecule has 4 aromatic heterocycles. The number of pyridine rings is 1. The van der Waals surface area contributed by atoms with Crippen molar-refractivity contribution in [1.82, 2.24) is 39.9 Å². The van der Waals surface area contributed by atoms with Gasteiger partial charge in [0.2, 0.25) is 11.9 Å². The van der Waals surface area contributed by atoms with Crippen LogP contribution in [0.2, 0.25) is 0 Å². The van der Waals surface area contributed by atoms with E-state index in [4.69, 9.17) is 0 Å². The Hall–Kier alpha value is -3.90. The normalized spacial score (nSPS) is 20.0. The number of alkyl halides is 2. The Kier molecular flexibility index (Phi) is 5.25. The first-order valence-corrected chi connectivity index (χ1v) is 10.9. The van der Waals surface area contributed by atoms with E-state index in [-0.39, 0.29) is 23.1 Å². The molecule has 1 aliphatic rings. The molecule has 0 radical (unpaired) electrons. The van der Waals surface area contributed by atoms with E-state index in [1.54, 1.807) is 29.9 Å². The van der Waals surface area contributed by atoms with Crippen LogP contribution < -0.4 is 16.0 Å². The number of nitrogens with zero attached hydrogens (tertiary/aromatic N) is 7. The first-order valence-electron chi connectivity index (χ1n) is 10.9. The topological polar surface area (TPSA) is 127 Å². The fraction of sp³-hybridized carbons (Fsp3) is 0.429. The van der Waals surface area contributed by atoms with E-state index in [2.05, 4.69) is 41.3 Å². The second-order valence-corrected chi connectivity index (χ2v) is 8.75. The van der Waals surface area contributed by atoms with Gasteiger partial charge in [-0.25, -0.2) is 23.0 Å². The molecule has 3 N–H and O–H groups in total. The predicted molar refractivity (Wildman–Crippen MR) is 122 cm³/mol. The van der Waals surface area contributed by atoms with E-state index < -0.39 is 13.0 Å². The van der Waals surface area contributed by atoms with Gasteiger partial charge < -0.3 is 16.0 Å². The van der Waals surface area contributed by atoms with Crippen LogP contribution in [0.15, 0.2) is 24.4 Å². The van der Waals surface area contributed by atoms with Gasteiger partial charge in [0, 0.05) is 37.3 Å². The van der Waals surface area contributed by atoms with Gasteiger partial charge in [0.1, 0.15) is 17.6 Å². The maximum Gasteiger partial charge on any atom is 0.258 e. The largest absolute Gasteiger partial charge is 0.371 e. The van der Waals surface area contributed by atoms with Gasteiger partial charge in [0.25, 0.3) is 6.43 Å². The van der Waals surface area contributed by atoms with Crippen LogP contribution in [0.4, 0.5) is 20.5 Å². The summed E-state index contributed by atoms with van der Waals surface area (Å²) in [4.78, 5) is 20.5. The highest BCUT2D eigenvalue weighted by Gasteiger charge is 2.41. The van der Waals surface area contributed by atoms with Gasteiger partial charge in [-0.15, -0.1) is 10.2 Å². The highest BCUT2D eigenvalue weighted by molar-refractivity contribution is 5.89. The minimum atomic E-state index is -2.56. The number of rotatable bonds is 7. The second kappa shape index (κ2) is 8.15. The summed E-state index contributed by atoms with van der Waals surface area (Å²) in [5.41, 5.74) is 2.51. The SMILES string of the molecule is CNc1nc(NC2CC(C)(NC(C)=O)C2)nn2ccc(-c3ccc4nnn(CC(F)F)c4n3)c12. The smallest absolute Gasteiger partial charge is 0.258 e. The van der Waals surface area contributed by atoms with E-state index in [0.29, 0.717) is 28.5 Å². The zero-order valence-corrected chi connectivity index (χ0v) is 18.9. The molecule has 178 valence electrons. The van der Waals surface area contributed by atoms with Crippen molar-refractivity contribution in [2.45, 2.75) is 51.2 Å². The minimum Gasteiger partial charge on any atom is -0.371 e. The fourth-order valence-corrected chi connectivity index (χ4v) is 4.56. The number of halogens is 2. The summed E-state index contributed by atoms with van der Waals surface area (Å²) in [5, 5.41) is 21.7. The Morgan fingerprint density at radius 2 is 2.06 bits per heavy atom. The zero-order valence-electron chi connectivity index (χ0n) is 18.9. The third-order valence-electron chi connectivity index (χ3n) is 5.90. The van der Waals surface area contributed by atoms with Crippen molar-refractivity contribution in [2.75, 3.05) is 17.7 Å². The lowest BCUT2D eigenvalue weighted by atomic mass is 9.74. The molecule has 0 saturated heterocycles. The lowest BCUT2D eigenvalue weighted by Gasteiger charge is -2.45.